The summed E-state index contributed by atoms with van der Waals surface area (Å²) in [7, 11) is 5.52. The number of carbonyl (C=O) groups is 3. The van der Waals surface area contributed by atoms with Crippen LogP contribution in [0.1, 0.15) is 200 Å². The van der Waals surface area contributed by atoms with Gasteiger partial charge in [0.1, 0.15) is 6.61 Å². The van der Waals surface area contributed by atoms with Gasteiger partial charge in [0, 0.05) is 19.3 Å². The van der Waals surface area contributed by atoms with E-state index in [1.807, 2.05) is 21.1 Å². The third kappa shape index (κ3) is 47.1. The molecule has 2 unspecified atom stereocenters. The monoisotopic (exact) mass is 947 g/mol. The fraction of sp³-hybridized carbons (Fsp3) is 0.650. The number of rotatable bonds is 47. The van der Waals surface area contributed by atoms with Crippen LogP contribution in [0.4, 0.5) is 0 Å². The molecule has 8 heteroatoms. The van der Waals surface area contributed by atoms with E-state index in [0.717, 1.165) is 103 Å². The lowest BCUT2D eigenvalue weighted by Gasteiger charge is -2.31. The van der Waals surface area contributed by atoms with Gasteiger partial charge in [-0.3, -0.25) is 9.59 Å². The minimum absolute atomic E-state index is 0.0411. The highest BCUT2D eigenvalue weighted by molar-refractivity contribution is 5.72. The molecule has 0 aliphatic heterocycles. The van der Waals surface area contributed by atoms with Gasteiger partial charge in [-0.05, 0) is 103 Å². The maximum absolute atomic E-state index is 12.8. The van der Waals surface area contributed by atoms with Crippen LogP contribution in [-0.2, 0) is 28.6 Å². The average Bonchev–Trinajstić information content (AvgIpc) is 3.30. The fourth-order valence-corrected chi connectivity index (χ4v) is 7.28. The van der Waals surface area contributed by atoms with Crippen LogP contribution in [-0.4, -0.2) is 80.6 Å². The van der Waals surface area contributed by atoms with E-state index in [0.29, 0.717) is 19.3 Å². The molecule has 0 aliphatic rings. The van der Waals surface area contributed by atoms with E-state index in [1.165, 1.54) is 64.2 Å². The van der Waals surface area contributed by atoms with E-state index < -0.39 is 18.1 Å². The van der Waals surface area contributed by atoms with Crippen LogP contribution in [0, 0.1) is 0 Å². The molecule has 0 saturated heterocycles. The van der Waals surface area contributed by atoms with Crippen LogP contribution >= 0.6 is 0 Å². The first-order valence-corrected chi connectivity index (χ1v) is 26.9. The third-order valence-electron chi connectivity index (χ3n) is 11.4. The summed E-state index contributed by atoms with van der Waals surface area (Å²) in [5, 5.41) is 9.67. The number of hydrogen-bond donors (Lipinski definition) is 1. The van der Waals surface area contributed by atoms with Gasteiger partial charge in [0.2, 0.25) is 0 Å². The molecule has 0 aliphatic carbocycles. The molecule has 386 valence electrons. The highest BCUT2D eigenvalue weighted by atomic mass is 16.6. The molecular weight excluding hydrogens is 847 g/mol. The number of carboxylic acid groups (broad SMARTS) is 1. The quantitative estimate of drug-likeness (QED) is 0.0281. The highest BCUT2D eigenvalue weighted by Gasteiger charge is 2.31. The largest absolute Gasteiger partial charge is 0.477 e. The standard InChI is InChI=1S/C60H99NO7/c1-6-8-10-12-14-16-18-20-22-24-26-28-30-32-34-36-38-40-42-44-46-48-50-58(62)67-55-56(54-66-53-52-57(60(64)65)61(3,4)5)68-59(63)51-49-47-45-43-41-39-37-35-33-31-29-27-25-23-21-19-17-15-13-11-9-7-2/h8,10,14-17,20-23,26-29,32,34,38,40,56-57H,6-7,9,11-13,18-19,24-25,30-31,33,35-37,39,41-55H2,1-5H3/p+1/b10-8+,16-14+,17-15+,22-20+,23-21+,28-26+,29-27+,34-32+,40-38+. The van der Waals surface area contributed by atoms with Gasteiger partial charge < -0.3 is 23.8 Å². The van der Waals surface area contributed by atoms with Crippen molar-refractivity contribution in [2.24, 2.45) is 0 Å². The summed E-state index contributed by atoms with van der Waals surface area (Å²) in [5.74, 6) is -1.53. The summed E-state index contributed by atoms with van der Waals surface area (Å²) in [6, 6.07) is -0.629. The van der Waals surface area contributed by atoms with Crippen molar-refractivity contribution in [2.75, 3.05) is 41.0 Å². The summed E-state index contributed by atoms with van der Waals surface area (Å²) in [6.45, 7) is 4.55. The molecule has 2 atom stereocenters. The maximum Gasteiger partial charge on any atom is 0.362 e. The third-order valence-corrected chi connectivity index (χ3v) is 11.4. The molecule has 0 fully saturated rings. The lowest BCUT2D eigenvalue weighted by atomic mass is 10.1. The number of carbonyl (C=O) groups excluding carboxylic acids is 2. The molecule has 0 radical (unpaired) electrons. The molecule has 0 rings (SSSR count). The van der Waals surface area contributed by atoms with Gasteiger partial charge in [-0.25, -0.2) is 4.79 Å². The van der Waals surface area contributed by atoms with E-state index >= 15 is 0 Å². The number of unbranched alkanes of at least 4 members (excludes halogenated alkanes) is 15. The number of esters is 2. The molecule has 0 saturated carbocycles. The Morgan fingerprint density at radius 1 is 0.456 bits per heavy atom. The maximum atomic E-state index is 12.8. The normalized spacial score (nSPS) is 13.7. The van der Waals surface area contributed by atoms with Crippen LogP contribution in [0.3, 0.4) is 0 Å². The minimum atomic E-state index is -0.884. The highest BCUT2D eigenvalue weighted by Crippen LogP contribution is 2.14. The lowest BCUT2D eigenvalue weighted by Crippen LogP contribution is -2.50. The number of likely N-dealkylation sites (N-methyl/N-ethyl adjacent to an activating group) is 1. The van der Waals surface area contributed by atoms with Crippen molar-refractivity contribution in [1.29, 1.82) is 0 Å². The Labute approximate surface area is 417 Å². The van der Waals surface area contributed by atoms with Gasteiger partial charge in [-0.1, -0.05) is 187 Å². The zero-order valence-electron chi connectivity index (χ0n) is 44.0. The van der Waals surface area contributed by atoms with Crippen molar-refractivity contribution >= 4 is 17.9 Å². The van der Waals surface area contributed by atoms with Crippen LogP contribution in [0.25, 0.3) is 0 Å². The van der Waals surface area contributed by atoms with Gasteiger partial charge in [0.05, 0.1) is 34.4 Å². The average molecular weight is 947 g/mol. The van der Waals surface area contributed by atoms with Gasteiger partial charge in [0.25, 0.3) is 0 Å². The predicted molar refractivity (Wildman–Crippen MR) is 289 cm³/mol. The number of hydrogen-bond acceptors (Lipinski definition) is 6. The van der Waals surface area contributed by atoms with E-state index in [-0.39, 0.29) is 36.2 Å². The summed E-state index contributed by atoms with van der Waals surface area (Å²) in [5.41, 5.74) is 0. The molecule has 0 amide bonds. The summed E-state index contributed by atoms with van der Waals surface area (Å²) in [6.07, 6.45) is 68.5. The first-order valence-electron chi connectivity index (χ1n) is 26.9. The minimum Gasteiger partial charge on any atom is -0.477 e. The predicted octanol–water partition coefficient (Wildman–Crippen LogP) is 16.0. The van der Waals surface area contributed by atoms with Crippen molar-refractivity contribution in [3.8, 4) is 0 Å². The molecule has 0 aromatic heterocycles. The number of allylic oxidation sites excluding steroid dienone is 18. The lowest BCUT2D eigenvalue weighted by molar-refractivity contribution is -0.887. The zero-order valence-corrected chi connectivity index (χ0v) is 44.0. The Morgan fingerprint density at radius 3 is 1.24 bits per heavy atom. The van der Waals surface area contributed by atoms with Crippen molar-refractivity contribution in [3.63, 3.8) is 0 Å². The Bertz CT molecular complexity index is 1470. The van der Waals surface area contributed by atoms with Gasteiger partial charge in [-0.2, -0.15) is 0 Å². The van der Waals surface area contributed by atoms with E-state index in [9.17, 15) is 19.5 Å². The number of aliphatic carboxylic acids is 1. The van der Waals surface area contributed by atoms with Crippen LogP contribution in [0.5, 0.6) is 0 Å². The van der Waals surface area contributed by atoms with Crippen LogP contribution in [0.2, 0.25) is 0 Å². The number of ether oxygens (including phenoxy) is 3. The molecule has 68 heavy (non-hydrogen) atoms. The smallest absolute Gasteiger partial charge is 0.362 e. The second kappa shape index (κ2) is 49.4. The van der Waals surface area contributed by atoms with Crippen molar-refractivity contribution in [3.05, 3.63) is 109 Å². The second-order valence-corrected chi connectivity index (χ2v) is 18.7. The van der Waals surface area contributed by atoms with Crippen molar-refractivity contribution < 1.29 is 38.2 Å². The summed E-state index contributed by atoms with van der Waals surface area (Å²) < 4.78 is 17.3. The second-order valence-electron chi connectivity index (χ2n) is 18.7. The zero-order chi connectivity index (χ0) is 49.9. The van der Waals surface area contributed by atoms with E-state index in [4.69, 9.17) is 14.2 Å². The van der Waals surface area contributed by atoms with Crippen molar-refractivity contribution in [1.82, 2.24) is 0 Å². The number of quaternary nitrogens is 1. The molecule has 0 bridgehead atoms. The molecule has 0 spiro atoms. The van der Waals surface area contributed by atoms with Crippen LogP contribution in [0.15, 0.2) is 109 Å². The first-order chi connectivity index (χ1) is 33.1. The molecule has 0 aromatic rings. The van der Waals surface area contributed by atoms with Gasteiger partial charge in [-0.15, -0.1) is 0 Å². The Hall–Kier alpha value is -4.01. The molecule has 1 N–H and O–H groups in total. The molecular formula is C60H100NO7+. The fourth-order valence-electron chi connectivity index (χ4n) is 7.28. The van der Waals surface area contributed by atoms with Gasteiger partial charge in [0.15, 0.2) is 12.1 Å². The molecule has 8 nitrogen and oxygen atoms in total. The van der Waals surface area contributed by atoms with Crippen LogP contribution < -0.4 is 0 Å². The van der Waals surface area contributed by atoms with E-state index in [2.05, 4.69) is 123 Å². The molecule has 0 heterocycles. The number of nitrogens with zero attached hydrogens (tertiary/aromatic N) is 1. The Balaban J connectivity index is 4.33. The molecule has 0 aromatic carbocycles. The Kier molecular flexibility index (Phi) is 46.5. The van der Waals surface area contributed by atoms with Gasteiger partial charge >= 0.3 is 17.9 Å². The van der Waals surface area contributed by atoms with Crippen molar-refractivity contribution in [2.45, 2.75) is 212 Å². The summed E-state index contributed by atoms with van der Waals surface area (Å²) in [4.78, 5) is 37.2. The van der Waals surface area contributed by atoms with E-state index in [1.54, 1.807) is 0 Å². The Morgan fingerprint density at radius 2 is 0.824 bits per heavy atom. The summed E-state index contributed by atoms with van der Waals surface area (Å²) >= 11 is 0. The number of carboxylic acids is 1. The first kappa shape index (κ1) is 64.0. The topological polar surface area (TPSA) is 99.1 Å². The SMILES string of the molecule is CC/C=C/C/C=C/C/C=C/C/C=C/C/C=C/C/C=C/CCCCCC(=O)OCC(COCCC(C(=O)O)[N+](C)(C)C)OC(=O)CCCCCCCCCCC/C=C/C/C=C/C/C=C/CCCCC.